The number of carbonyl (C=O) groups is 2. The monoisotopic (exact) mass is 438 g/mol. The Balaban J connectivity index is 1.64. The summed E-state index contributed by atoms with van der Waals surface area (Å²) in [5, 5.41) is 30.6. The highest BCUT2D eigenvalue weighted by molar-refractivity contribution is 6.04. The summed E-state index contributed by atoms with van der Waals surface area (Å²) >= 11 is 0. The molecule has 7 nitrogen and oxygen atoms in total. The molecule has 0 amide bonds. The number of hydrogen-bond acceptors (Lipinski definition) is 7. The normalized spacial score (nSPS) is 21.8. The van der Waals surface area contributed by atoms with Crippen LogP contribution < -0.4 is 9.47 Å². The van der Waals surface area contributed by atoms with Gasteiger partial charge in [-0.15, -0.1) is 0 Å². The van der Waals surface area contributed by atoms with E-state index in [9.17, 15) is 24.9 Å². The van der Waals surface area contributed by atoms with Gasteiger partial charge < -0.3 is 24.8 Å². The second-order valence-corrected chi connectivity index (χ2v) is 8.92. The number of fused-ring (bicyclic) bond motifs is 2. The number of ketones is 2. The van der Waals surface area contributed by atoms with Crippen molar-refractivity contribution in [2.75, 3.05) is 0 Å². The molecule has 0 fully saturated rings. The topological polar surface area (TPSA) is 113 Å². The minimum atomic E-state index is -0.875. The molecule has 2 aromatic rings. The Morgan fingerprint density at radius 3 is 2.56 bits per heavy atom. The fourth-order valence-corrected chi connectivity index (χ4v) is 4.34. The zero-order chi connectivity index (χ0) is 23.2. The molecule has 4 rings (SSSR count). The molecule has 0 aromatic heterocycles. The lowest BCUT2D eigenvalue weighted by Crippen LogP contribution is -2.39. The second kappa shape index (κ2) is 7.89. The van der Waals surface area contributed by atoms with Crippen molar-refractivity contribution in [1.29, 1.82) is 0 Å². The number of carbonyl (C=O) groups excluding carboxylic acids is 2. The summed E-state index contributed by atoms with van der Waals surface area (Å²) in [6.45, 7) is 5.92. The summed E-state index contributed by atoms with van der Waals surface area (Å²) in [6, 6.07) is 5.50. The lowest BCUT2D eigenvalue weighted by atomic mass is 9.85. The molecule has 0 saturated heterocycles. The lowest BCUT2D eigenvalue weighted by molar-refractivity contribution is 0.0468. The number of hydrogen-bond donors (Lipinski definition) is 3. The summed E-state index contributed by atoms with van der Waals surface area (Å²) < 4.78 is 11.9. The highest BCUT2D eigenvalue weighted by atomic mass is 16.5. The van der Waals surface area contributed by atoms with E-state index < -0.39 is 11.7 Å². The molecule has 2 aliphatic heterocycles. The van der Waals surface area contributed by atoms with E-state index in [0.29, 0.717) is 12.2 Å². The number of phenols is 3. The molecule has 2 atom stereocenters. The van der Waals surface area contributed by atoms with Crippen molar-refractivity contribution in [3.05, 3.63) is 52.6 Å². The van der Waals surface area contributed by atoms with E-state index in [1.54, 1.807) is 12.1 Å². The third kappa shape index (κ3) is 3.90. The SMILES string of the molecule is CC(C)=CCC[C@@]1(C)CC(=O)c2c(ccc([C@H]3CC(=O)c4c(O)cc(O)cc4O3)c2O)O1. The third-order valence-corrected chi connectivity index (χ3v) is 5.90. The van der Waals surface area contributed by atoms with Gasteiger partial charge in [0.25, 0.3) is 0 Å². The summed E-state index contributed by atoms with van der Waals surface area (Å²) in [6.07, 6.45) is 2.66. The Morgan fingerprint density at radius 1 is 1.09 bits per heavy atom. The molecule has 168 valence electrons. The molecule has 3 N–H and O–H groups in total. The van der Waals surface area contributed by atoms with Gasteiger partial charge in [0.1, 0.15) is 51.6 Å². The average molecular weight is 438 g/mol. The van der Waals surface area contributed by atoms with Crippen molar-refractivity contribution in [1.82, 2.24) is 0 Å². The quantitative estimate of drug-likeness (QED) is 0.577. The number of benzene rings is 2. The predicted molar refractivity (Wildman–Crippen MR) is 117 cm³/mol. The predicted octanol–water partition coefficient (Wildman–Crippen LogP) is 4.98. The van der Waals surface area contributed by atoms with Crippen LogP contribution in [-0.4, -0.2) is 32.5 Å². The molecule has 2 aromatic carbocycles. The maximum atomic E-state index is 13.0. The molecule has 0 spiro atoms. The van der Waals surface area contributed by atoms with Crippen molar-refractivity contribution < 1.29 is 34.4 Å². The lowest BCUT2D eigenvalue weighted by Gasteiger charge is -2.36. The standard InChI is InChI=1S/C25H26O7/c1-13(2)5-4-8-25(3)12-18(29)23-19(32-25)7-6-15(24(23)30)20-11-17(28)22-16(27)9-14(26)10-21(22)31-20/h5-7,9-10,20,26-27,30H,4,8,11-12H2,1-3H3/t20-,25+/m1/s1. The van der Waals surface area contributed by atoms with Crippen LogP contribution in [0.3, 0.4) is 0 Å². The van der Waals surface area contributed by atoms with Crippen LogP contribution in [0.25, 0.3) is 0 Å². The molecular weight excluding hydrogens is 412 g/mol. The van der Waals surface area contributed by atoms with Gasteiger partial charge in [-0.2, -0.15) is 0 Å². The van der Waals surface area contributed by atoms with Crippen molar-refractivity contribution in [2.45, 2.75) is 58.2 Å². The Morgan fingerprint density at radius 2 is 1.84 bits per heavy atom. The molecule has 0 aliphatic carbocycles. The van der Waals surface area contributed by atoms with Gasteiger partial charge in [-0.3, -0.25) is 9.59 Å². The van der Waals surface area contributed by atoms with Gasteiger partial charge in [-0.05, 0) is 45.7 Å². The summed E-state index contributed by atoms with van der Waals surface area (Å²) in [4.78, 5) is 25.6. The first-order valence-corrected chi connectivity index (χ1v) is 10.6. The van der Waals surface area contributed by atoms with Gasteiger partial charge in [0.2, 0.25) is 0 Å². The van der Waals surface area contributed by atoms with Crippen molar-refractivity contribution in [3.63, 3.8) is 0 Å². The number of ether oxygens (including phenoxy) is 2. The van der Waals surface area contributed by atoms with Crippen molar-refractivity contribution in [3.8, 4) is 28.7 Å². The minimum absolute atomic E-state index is 0.0111. The molecule has 0 saturated carbocycles. The fraction of sp³-hybridized carbons (Fsp3) is 0.360. The molecule has 0 bridgehead atoms. The van der Waals surface area contributed by atoms with Gasteiger partial charge in [-0.25, -0.2) is 0 Å². The van der Waals surface area contributed by atoms with E-state index in [4.69, 9.17) is 9.47 Å². The average Bonchev–Trinajstić information content (AvgIpc) is 2.66. The van der Waals surface area contributed by atoms with E-state index in [1.807, 2.05) is 20.8 Å². The van der Waals surface area contributed by atoms with Crippen LogP contribution in [0.2, 0.25) is 0 Å². The number of phenolic OH excluding ortho intramolecular Hbond substituents is 3. The van der Waals surface area contributed by atoms with Crippen molar-refractivity contribution in [2.24, 2.45) is 0 Å². The Kier molecular flexibility index (Phi) is 5.36. The third-order valence-electron chi connectivity index (χ3n) is 5.90. The Labute approximate surface area is 185 Å². The first-order chi connectivity index (χ1) is 15.1. The number of aromatic hydroxyl groups is 3. The van der Waals surface area contributed by atoms with Crippen LogP contribution in [0.15, 0.2) is 35.9 Å². The van der Waals surface area contributed by atoms with Crippen LogP contribution >= 0.6 is 0 Å². The smallest absolute Gasteiger partial charge is 0.174 e. The number of Topliss-reactive ketones (excluding diaryl/α,β-unsaturated/α-hetero) is 2. The van der Waals surface area contributed by atoms with E-state index >= 15 is 0 Å². The minimum Gasteiger partial charge on any atom is -0.508 e. The van der Waals surface area contributed by atoms with Crippen LogP contribution in [0.1, 0.15) is 78.8 Å². The summed E-state index contributed by atoms with van der Waals surface area (Å²) in [5.41, 5.74) is 0.875. The zero-order valence-corrected chi connectivity index (χ0v) is 18.3. The van der Waals surface area contributed by atoms with Crippen LogP contribution in [0, 0.1) is 0 Å². The van der Waals surface area contributed by atoms with Gasteiger partial charge in [0, 0.05) is 17.7 Å². The molecule has 32 heavy (non-hydrogen) atoms. The van der Waals surface area contributed by atoms with Gasteiger partial charge in [0.15, 0.2) is 11.6 Å². The van der Waals surface area contributed by atoms with E-state index in [0.717, 1.165) is 12.5 Å². The first-order valence-electron chi connectivity index (χ1n) is 10.6. The summed E-state index contributed by atoms with van der Waals surface area (Å²) in [7, 11) is 0. The van der Waals surface area contributed by atoms with Gasteiger partial charge in [0.05, 0.1) is 12.8 Å². The van der Waals surface area contributed by atoms with Gasteiger partial charge in [-0.1, -0.05) is 11.6 Å². The maximum absolute atomic E-state index is 13.0. The Hall–Kier alpha value is -3.48. The molecule has 7 heteroatoms. The van der Waals surface area contributed by atoms with Crippen molar-refractivity contribution >= 4 is 11.6 Å². The largest absolute Gasteiger partial charge is 0.508 e. The molecule has 2 aliphatic rings. The Bertz CT molecular complexity index is 1140. The highest BCUT2D eigenvalue weighted by Gasteiger charge is 2.40. The zero-order valence-electron chi connectivity index (χ0n) is 18.3. The molecule has 0 radical (unpaired) electrons. The number of rotatable bonds is 4. The highest BCUT2D eigenvalue weighted by Crippen LogP contribution is 2.47. The molecular formula is C25H26O7. The van der Waals surface area contributed by atoms with E-state index in [-0.39, 0.29) is 64.1 Å². The maximum Gasteiger partial charge on any atom is 0.174 e. The summed E-state index contributed by atoms with van der Waals surface area (Å²) in [5.74, 6) is -1.18. The van der Waals surface area contributed by atoms with Crippen LogP contribution in [0.4, 0.5) is 0 Å². The van der Waals surface area contributed by atoms with Gasteiger partial charge >= 0.3 is 0 Å². The molecule has 0 unspecified atom stereocenters. The molecule has 2 heterocycles. The fourth-order valence-electron chi connectivity index (χ4n) is 4.34. The number of allylic oxidation sites excluding steroid dienone is 2. The van der Waals surface area contributed by atoms with E-state index in [2.05, 4.69) is 6.08 Å². The second-order valence-electron chi connectivity index (χ2n) is 8.92. The first kappa shape index (κ1) is 21.7. The van der Waals surface area contributed by atoms with E-state index in [1.165, 1.54) is 11.6 Å². The van der Waals surface area contributed by atoms with Crippen LogP contribution in [-0.2, 0) is 0 Å². The van der Waals surface area contributed by atoms with Crippen LogP contribution in [0.5, 0.6) is 28.7 Å².